The Labute approximate surface area is 169 Å². The van der Waals surface area contributed by atoms with Crippen molar-refractivity contribution in [1.29, 1.82) is 0 Å². The first-order valence-corrected chi connectivity index (χ1v) is 8.42. The average Bonchev–Trinajstić information content (AvgIpc) is 2.61. The third-order valence-corrected chi connectivity index (χ3v) is 3.60. The first-order valence-electron chi connectivity index (χ1n) is 8.42. The van der Waals surface area contributed by atoms with Crippen LogP contribution in [0.4, 0.5) is 0 Å². The highest BCUT2D eigenvalue weighted by Gasteiger charge is 2.32. The monoisotopic (exact) mass is 436 g/mol. The summed E-state index contributed by atoms with van der Waals surface area (Å²) < 4.78 is 0. The van der Waals surface area contributed by atoms with Crippen molar-refractivity contribution < 1.29 is 54.3 Å². The number of rotatable bonds is 13. The van der Waals surface area contributed by atoms with Gasteiger partial charge in [0.15, 0.2) is 6.04 Å². The summed E-state index contributed by atoms with van der Waals surface area (Å²) in [6.07, 6.45) is -3.29. The number of carboxylic acids is 3. The molecule has 5 unspecified atom stereocenters. The maximum absolute atomic E-state index is 12.3. The Morgan fingerprint density at radius 1 is 0.800 bits per heavy atom. The fourth-order valence-corrected chi connectivity index (χ4v) is 2.05. The molecule has 5 atom stereocenters. The summed E-state index contributed by atoms with van der Waals surface area (Å²) in [6.45, 7) is 0.0420. The zero-order valence-electron chi connectivity index (χ0n) is 15.8. The fourth-order valence-electron chi connectivity index (χ4n) is 2.05. The third kappa shape index (κ3) is 9.26. The number of carbonyl (C=O) groups excluding carboxylic acids is 3. The van der Waals surface area contributed by atoms with Crippen LogP contribution in [0.15, 0.2) is 0 Å². The number of aliphatic hydroxyl groups excluding tert-OH is 2. The van der Waals surface area contributed by atoms with Gasteiger partial charge in [-0.25, -0.2) is 4.79 Å². The van der Waals surface area contributed by atoms with E-state index in [0.29, 0.717) is 0 Å². The van der Waals surface area contributed by atoms with Crippen LogP contribution in [0.5, 0.6) is 0 Å². The number of carboxylic acid groups (broad SMARTS) is 3. The number of aliphatic hydroxyl groups is 2. The second-order valence-electron chi connectivity index (χ2n) is 6.17. The van der Waals surface area contributed by atoms with E-state index in [4.69, 9.17) is 21.1 Å². The van der Waals surface area contributed by atoms with Crippen molar-refractivity contribution in [2.24, 2.45) is 5.73 Å². The van der Waals surface area contributed by atoms with Crippen molar-refractivity contribution in [3.8, 4) is 0 Å². The molecule has 15 heteroatoms. The molecule has 0 heterocycles. The molecule has 0 saturated heterocycles. The number of nitrogens with two attached hydrogens (primary N) is 1. The Bertz CT molecular complexity index is 681. The van der Waals surface area contributed by atoms with Gasteiger partial charge in [-0.3, -0.25) is 24.0 Å². The smallest absolute Gasteiger partial charge is 0.328 e. The van der Waals surface area contributed by atoms with Crippen molar-refractivity contribution in [3.63, 3.8) is 0 Å². The normalized spacial score (nSPS) is 15.6. The first-order chi connectivity index (χ1) is 13.8. The molecule has 0 rings (SSSR count). The Hall–Kier alpha value is -3.30. The van der Waals surface area contributed by atoms with E-state index in [1.807, 2.05) is 16.0 Å². The lowest BCUT2D eigenvalue weighted by atomic mass is 10.1. The van der Waals surface area contributed by atoms with E-state index in [0.717, 1.165) is 6.92 Å². The average molecular weight is 436 g/mol. The van der Waals surface area contributed by atoms with Gasteiger partial charge in [-0.1, -0.05) is 0 Å². The van der Waals surface area contributed by atoms with Gasteiger partial charge in [0, 0.05) is 0 Å². The minimum absolute atomic E-state index is 0.801. The minimum atomic E-state index is -1.79. The van der Waals surface area contributed by atoms with Crippen LogP contribution in [0.3, 0.4) is 0 Å². The SMILES string of the molecule is CC(O)C(NC(=O)C(CO)NC(=O)C(CC(=O)O)NC(=O)C(N)CC(=O)O)C(=O)O. The third-order valence-electron chi connectivity index (χ3n) is 3.60. The maximum atomic E-state index is 12.3. The van der Waals surface area contributed by atoms with Gasteiger partial charge in [-0.2, -0.15) is 0 Å². The summed E-state index contributed by atoms with van der Waals surface area (Å²) in [5.74, 6) is -8.14. The van der Waals surface area contributed by atoms with Crippen LogP contribution in [0.25, 0.3) is 0 Å². The van der Waals surface area contributed by atoms with Crippen LogP contribution in [-0.2, 0) is 28.8 Å². The summed E-state index contributed by atoms with van der Waals surface area (Å²) >= 11 is 0. The van der Waals surface area contributed by atoms with Gasteiger partial charge in [0.25, 0.3) is 0 Å². The molecular weight excluding hydrogens is 412 g/mol. The summed E-state index contributed by atoms with van der Waals surface area (Å²) in [5.41, 5.74) is 5.33. The lowest BCUT2D eigenvalue weighted by Gasteiger charge is -2.24. The van der Waals surface area contributed by atoms with Gasteiger partial charge in [0.1, 0.15) is 12.1 Å². The topological polar surface area (TPSA) is 266 Å². The van der Waals surface area contributed by atoms with E-state index in [2.05, 4.69) is 0 Å². The van der Waals surface area contributed by atoms with E-state index in [1.54, 1.807) is 0 Å². The molecular formula is C15H24N4O11. The van der Waals surface area contributed by atoms with E-state index < -0.39 is 85.3 Å². The molecule has 0 bridgehead atoms. The molecule has 0 aliphatic rings. The first kappa shape index (κ1) is 26.7. The predicted octanol–water partition coefficient (Wildman–Crippen LogP) is -4.82. The molecule has 0 radical (unpaired) electrons. The molecule has 3 amide bonds. The van der Waals surface area contributed by atoms with Crippen molar-refractivity contribution in [2.75, 3.05) is 6.61 Å². The number of hydrogen-bond acceptors (Lipinski definition) is 9. The fraction of sp³-hybridized carbons (Fsp3) is 0.600. The van der Waals surface area contributed by atoms with Crippen molar-refractivity contribution in [2.45, 2.75) is 50.0 Å². The maximum Gasteiger partial charge on any atom is 0.328 e. The molecule has 0 saturated carbocycles. The lowest BCUT2D eigenvalue weighted by Crippen LogP contribution is -2.59. The quantitative estimate of drug-likeness (QED) is 0.132. The second-order valence-corrected chi connectivity index (χ2v) is 6.17. The van der Waals surface area contributed by atoms with Crippen LogP contribution in [0.2, 0.25) is 0 Å². The number of nitrogens with one attached hydrogen (secondary N) is 3. The predicted molar refractivity (Wildman–Crippen MR) is 94.7 cm³/mol. The summed E-state index contributed by atoms with van der Waals surface area (Å²) in [4.78, 5) is 68.8. The lowest BCUT2D eigenvalue weighted by molar-refractivity contribution is -0.146. The van der Waals surface area contributed by atoms with Crippen LogP contribution in [0.1, 0.15) is 19.8 Å². The van der Waals surface area contributed by atoms with Gasteiger partial charge < -0.3 is 47.2 Å². The molecule has 0 aromatic rings. The number of hydrogen-bond donors (Lipinski definition) is 9. The molecule has 0 aliphatic carbocycles. The Morgan fingerprint density at radius 3 is 1.67 bits per heavy atom. The molecule has 30 heavy (non-hydrogen) atoms. The van der Waals surface area contributed by atoms with Gasteiger partial charge in [-0.15, -0.1) is 0 Å². The van der Waals surface area contributed by atoms with E-state index in [9.17, 15) is 39.0 Å². The van der Waals surface area contributed by atoms with E-state index in [-0.39, 0.29) is 0 Å². The molecule has 0 aromatic heterocycles. The Balaban J connectivity index is 5.27. The van der Waals surface area contributed by atoms with Crippen molar-refractivity contribution in [3.05, 3.63) is 0 Å². The largest absolute Gasteiger partial charge is 0.481 e. The van der Waals surface area contributed by atoms with Gasteiger partial charge in [-0.05, 0) is 6.92 Å². The molecule has 170 valence electrons. The number of carbonyl (C=O) groups is 6. The molecule has 0 aromatic carbocycles. The molecule has 15 nitrogen and oxygen atoms in total. The summed E-state index contributed by atoms with van der Waals surface area (Å²) in [6, 6.07) is -6.89. The second kappa shape index (κ2) is 12.3. The number of amides is 3. The van der Waals surface area contributed by atoms with E-state index in [1.165, 1.54) is 0 Å². The van der Waals surface area contributed by atoms with Gasteiger partial charge in [0.2, 0.25) is 17.7 Å². The highest BCUT2D eigenvalue weighted by Crippen LogP contribution is 1.99. The Morgan fingerprint density at radius 2 is 1.27 bits per heavy atom. The molecule has 0 fully saturated rings. The van der Waals surface area contributed by atoms with Gasteiger partial charge >= 0.3 is 17.9 Å². The Kier molecular flexibility index (Phi) is 10.9. The highest BCUT2D eigenvalue weighted by molar-refractivity contribution is 5.96. The zero-order chi connectivity index (χ0) is 23.6. The van der Waals surface area contributed by atoms with Gasteiger partial charge in [0.05, 0.1) is 31.6 Å². The van der Waals surface area contributed by atoms with E-state index >= 15 is 0 Å². The summed E-state index contributed by atoms with van der Waals surface area (Å²) in [5, 5.41) is 50.8. The molecule has 0 aliphatic heterocycles. The minimum Gasteiger partial charge on any atom is -0.481 e. The molecule has 10 N–H and O–H groups in total. The zero-order valence-corrected chi connectivity index (χ0v) is 15.8. The molecule has 0 spiro atoms. The standard InChI is InChI=1S/C15H24N4O11/c1-5(21)11(15(29)30)19-14(28)8(4-20)18-13(27)7(3-10(24)25)17-12(26)6(16)2-9(22)23/h5-8,11,20-21H,2-4,16H2,1H3,(H,17,26)(H,18,27)(H,19,28)(H,22,23)(H,24,25)(H,29,30). The van der Waals surface area contributed by atoms with Crippen molar-refractivity contribution >= 4 is 35.6 Å². The van der Waals surface area contributed by atoms with Crippen molar-refractivity contribution in [1.82, 2.24) is 16.0 Å². The highest BCUT2D eigenvalue weighted by atomic mass is 16.4. The summed E-state index contributed by atoms with van der Waals surface area (Å²) in [7, 11) is 0. The number of aliphatic carboxylic acids is 3. The van der Waals surface area contributed by atoms with Crippen LogP contribution in [-0.4, -0.2) is 98.0 Å². The van der Waals surface area contributed by atoms with Crippen LogP contribution in [0, 0.1) is 0 Å². The van der Waals surface area contributed by atoms with Crippen LogP contribution < -0.4 is 21.7 Å². The van der Waals surface area contributed by atoms with Crippen LogP contribution >= 0.6 is 0 Å².